The predicted octanol–water partition coefficient (Wildman–Crippen LogP) is 2.76. The standard InChI is InChI=1S/C11H21O5P/c1-5-10(9-11(12)14-6-2)17(13,15-7-3)16-8-4/h5,10H,1,6-9H2,2-4H3. The Morgan fingerprint density at radius 3 is 2.12 bits per heavy atom. The summed E-state index contributed by atoms with van der Waals surface area (Å²) in [5.41, 5.74) is -0.665. The van der Waals surface area contributed by atoms with Crippen LogP contribution >= 0.6 is 7.60 Å². The third-order valence-corrected chi connectivity index (χ3v) is 4.42. The fourth-order valence-electron chi connectivity index (χ4n) is 1.30. The number of hydrogen-bond acceptors (Lipinski definition) is 5. The van der Waals surface area contributed by atoms with E-state index in [0.717, 1.165) is 0 Å². The molecule has 0 saturated carbocycles. The molecule has 0 aliphatic heterocycles. The maximum atomic E-state index is 12.4. The third-order valence-electron chi connectivity index (χ3n) is 1.98. The van der Waals surface area contributed by atoms with Gasteiger partial charge in [0.25, 0.3) is 0 Å². The molecule has 17 heavy (non-hydrogen) atoms. The van der Waals surface area contributed by atoms with E-state index in [0.29, 0.717) is 0 Å². The normalized spacial score (nSPS) is 13.1. The lowest BCUT2D eigenvalue weighted by molar-refractivity contribution is -0.143. The van der Waals surface area contributed by atoms with E-state index in [9.17, 15) is 9.36 Å². The molecule has 1 unspecified atom stereocenters. The highest BCUT2D eigenvalue weighted by molar-refractivity contribution is 7.54. The molecule has 0 aromatic heterocycles. The van der Waals surface area contributed by atoms with Gasteiger partial charge in [-0.1, -0.05) is 6.08 Å². The molecular weight excluding hydrogens is 243 g/mol. The topological polar surface area (TPSA) is 61.8 Å². The fourth-order valence-corrected chi connectivity index (χ4v) is 3.11. The van der Waals surface area contributed by atoms with Crippen LogP contribution in [0.25, 0.3) is 0 Å². The summed E-state index contributed by atoms with van der Waals surface area (Å²) >= 11 is 0. The van der Waals surface area contributed by atoms with Crippen LogP contribution in [0.3, 0.4) is 0 Å². The highest BCUT2D eigenvalue weighted by Gasteiger charge is 2.35. The summed E-state index contributed by atoms with van der Waals surface area (Å²) in [5.74, 6) is -0.433. The van der Waals surface area contributed by atoms with Gasteiger partial charge in [0.1, 0.15) is 0 Å². The molecule has 0 N–H and O–H groups in total. The van der Waals surface area contributed by atoms with Crippen molar-refractivity contribution < 1.29 is 23.1 Å². The molecule has 1 atom stereocenters. The minimum Gasteiger partial charge on any atom is -0.466 e. The highest BCUT2D eigenvalue weighted by Crippen LogP contribution is 2.54. The van der Waals surface area contributed by atoms with Crippen molar-refractivity contribution in [3.05, 3.63) is 12.7 Å². The molecule has 0 radical (unpaired) electrons. The molecule has 0 bridgehead atoms. The van der Waals surface area contributed by atoms with Gasteiger partial charge in [0.2, 0.25) is 0 Å². The van der Waals surface area contributed by atoms with Gasteiger partial charge in [0.05, 0.1) is 31.9 Å². The van der Waals surface area contributed by atoms with Crippen molar-refractivity contribution in [1.82, 2.24) is 0 Å². The van der Waals surface area contributed by atoms with Gasteiger partial charge in [-0.3, -0.25) is 9.36 Å². The Bertz CT molecular complexity index is 280. The van der Waals surface area contributed by atoms with Crippen molar-refractivity contribution in [2.24, 2.45) is 0 Å². The lowest BCUT2D eigenvalue weighted by Crippen LogP contribution is -2.17. The monoisotopic (exact) mass is 264 g/mol. The van der Waals surface area contributed by atoms with Gasteiger partial charge in [0, 0.05) is 0 Å². The average Bonchev–Trinajstić information content (AvgIpc) is 2.26. The summed E-state index contributed by atoms with van der Waals surface area (Å²) < 4.78 is 27.5. The molecule has 0 amide bonds. The zero-order valence-corrected chi connectivity index (χ0v) is 11.6. The Kier molecular flexibility index (Phi) is 8.13. The van der Waals surface area contributed by atoms with E-state index in [2.05, 4.69) is 6.58 Å². The summed E-state index contributed by atoms with van der Waals surface area (Å²) in [6, 6.07) is 0. The molecule has 0 rings (SSSR count). The number of allylic oxidation sites excluding steroid dienone is 1. The van der Waals surface area contributed by atoms with E-state index in [1.54, 1.807) is 20.8 Å². The number of carbonyl (C=O) groups excluding carboxylic acids is 1. The summed E-state index contributed by atoms with van der Waals surface area (Å²) in [4.78, 5) is 11.4. The largest absolute Gasteiger partial charge is 0.466 e. The number of rotatable bonds is 9. The van der Waals surface area contributed by atoms with Crippen LogP contribution in [0, 0.1) is 0 Å². The second kappa shape index (κ2) is 8.45. The summed E-state index contributed by atoms with van der Waals surface area (Å²) in [6.45, 7) is 9.51. The van der Waals surface area contributed by atoms with Crippen LogP contribution in [0.4, 0.5) is 0 Å². The summed E-state index contributed by atoms with van der Waals surface area (Å²) in [7, 11) is -3.33. The van der Waals surface area contributed by atoms with Gasteiger partial charge in [-0.25, -0.2) is 0 Å². The Balaban J connectivity index is 4.72. The van der Waals surface area contributed by atoms with Crippen LogP contribution in [-0.2, 0) is 23.1 Å². The predicted molar refractivity (Wildman–Crippen MR) is 66.1 cm³/mol. The van der Waals surface area contributed by atoms with Gasteiger partial charge < -0.3 is 13.8 Å². The molecule has 0 aromatic rings. The number of hydrogen-bond donors (Lipinski definition) is 0. The van der Waals surface area contributed by atoms with Crippen LogP contribution in [0.5, 0.6) is 0 Å². The Labute approximate surface area is 103 Å². The van der Waals surface area contributed by atoms with Crippen molar-refractivity contribution in [2.75, 3.05) is 19.8 Å². The first-order chi connectivity index (χ1) is 8.03. The zero-order valence-electron chi connectivity index (χ0n) is 10.7. The maximum Gasteiger partial charge on any atom is 0.338 e. The molecule has 0 saturated heterocycles. The lowest BCUT2D eigenvalue weighted by Gasteiger charge is -2.23. The molecule has 0 spiro atoms. The SMILES string of the molecule is C=CC(CC(=O)OCC)P(=O)(OCC)OCC. The number of ether oxygens (including phenoxy) is 1. The minimum atomic E-state index is -3.33. The molecule has 5 nitrogen and oxygen atoms in total. The van der Waals surface area contributed by atoms with E-state index in [4.69, 9.17) is 13.8 Å². The molecule has 0 aromatic carbocycles. The van der Waals surface area contributed by atoms with E-state index in [1.807, 2.05) is 0 Å². The van der Waals surface area contributed by atoms with Crippen molar-refractivity contribution in [1.29, 1.82) is 0 Å². The third kappa shape index (κ3) is 5.48. The first kappa shape index (κ1) is 16.4. The first-order valence-electron chi connectivity index (χ1n) is 5.70. The van der Waals surface area contributed by atoms with Crippen molar-refractivity contribution in [3.63, 3.8) is 0 Å². The van der Waals surface area contributed by atoms with Crippen LogP contribution in [-0.4, -0.2) is 31.4 Å². The van der Waals surface area contributed by atoms with Gasteiger partial charge in [-0.15, -0.1) is 6.58 Å². The van der Waals surface area contributed by atoms with Gasteiger partial charge in [-0.05, 0) is 20.8 Å². The fraction of sp³-hybridized carbons (Fsp3) is 0.727. The first-order valence-corrected chi connectivity index (χ1v) is 7.32. The quantitative estimate of drug-likeness (QED) is 0.364. The average molecular weight is 264 g/mol. The molecule has 100 valence electrons. The van der Waals surface area contributed by atoms with Gasteiger partial charge >= 0.3 is 13.6 Å². The Hall–Kier alpha value is -0.640. The smallest absolute Gasteiger partial charge is 0.338 e. The highest BCUT2D eigenvalue weighted by atomic mass is 31.2. The molecule has 0 heterocycles. The Morgan fingerprint density at radius 1 is 1.24 bits per heavy atom. The van der Waals surface area contributed by atoms with Crippen LogP contribution in [0.15, 0.2) is 12.7 Å². The van der Waals surface area contributed by atoms with Crippen LogP contribution < -0.4 is 0 Å². The molecule has 0 aliphatic rings. The lowest BCUT2D eigenvalue weighted by atomic mass is 10.3. The second-order valence-electron chi connectivity index (χ2n) is 3.19. The van der Waals surface area contributed by atoms with E-state index in [-0.39, 0.29) is 26.2 Å². The molecule has 6 heteroatoms. The molecule has 0 fully saturated rings. The number of carbonyl (C=O) groups is 1. The number of esters is 1. The van der Waals surface area contributed by atoms with Crippen molar-refractivity contribution >= 4 is 13.6 Å². The van der Waals surface area contributed by atoms with E-state index in [1.165, 1.54) is 6.08 Å². The van der Waals surface area contributed by atoms with Crippen molar-refractivity contribution in [2.45, 2.75) is 32.9 Å². The summed E-state index contributed by atoms with van der Waals surface area (Å²) in [6.07, 6.45) is 1.37. The zero-order chi connectivity index (χ0) is 13.3. The maximum absolute atomic E-state index is 12.4. The Morgan fingerprint density at radius 2 is 1.76 bits per heavy atom. The molecular formula is C11H21O5P. The minimum absolute atomic E-state index is 0.0470. The van der Waals surface area contributed by atoms with Crippen molar-refractivity contribution in [3.8, 4) is 0 Å². The van der Waals surface area contributed by atoms with Gasteiger partial charge in [-0.2, -0.15) is 0 Å². The van der Waals surface area contributed by atoms with Gasteiger partial charge in [0.15, 0.2) is 0 Å². The van der Waals surface area contributed by atoms with Crippen LogP contribution in [0.2, 0.25) is 0 Å². The van der Waals surface area contributed by atoms with E-state index >= 15 is 0 Å². The second-order valence-corrected chi connectivity index (χ2v) is 5.45. The van der Waals surface area contributed by atoms with E-state index < -0.39 is 19.2 Å². The molecule has 0 aliphatic carbocycles. The van der Waals surface area contributed by atoms with Crippen LogP contribution in [0.1, 0.15) is 27.2 Å². The summed E-state index contributed by atoms with van der Waals surface area (Å²) in [5, 5.41) is 0.